The second-order valence-electron chi connectivity index (χ2n) is 5.94. The molecule has 0 unspecified atom stereocenters. The van der Waals surface area contributed by atoms with Gasteiger partial charge in [-0.05, 0) is 18.6 Å². The van der Waals surface area contributed by atoms with E-state index in [0.717, 1.165) is 16.3 Å². The zero-order chi connectivity index (χ0) is 18.4. The number of hydrogen-bond acceptors (Lipinski definition) is 4. The maximum atomic E-state index is 12.6. The lowest BCUT2D eigenvalue weighted by Crippen LogP contribution is -2.41. The summed E-state index contributed by atoms with van der Waals surface area (Å²) in [7, 11) is 0. The fraction of sp³-hybridized carbons (Fsp3) is 0.190. The predicted octanol–water partition coefficient (Wildman–Crippen LogP) is 4.13. The number of thiazole rings is 1. The molecule has 3 aromatic rings. The highest BCUT2D eigenvalue weighted by molar-refractivity contribution is 7.10. The number of carbonyl (C=O) groups is 2. The van der Waals surface area contributed by atoms with Gasteiger partial charge in [0.2, 0.25) is 0 Å². The molecule has 1 atom stereocenters. The summed E-state index contributed by atoms with van der Waals surface area (Å²) < 4.78 is 0. The molecule has 0 bridgehead atoms. The molecule has 1 amide bonds. The molecule has 1 aromatic heterocycles. The van der Waals surface area contributed by atoms with E-state index in [1.807, 2.05) is 48.7 Å². The first kappa shape index (κ1) is 18.0. The van der Waals surface area contributed by atoms with Crippen LogP contribution in [0.25, 0.3) is 11.3 Å². The Hall–Kier alpha value is -2.79. The van der Waals surface area contributed by atoms with Gasteiger partial charge in [-0.25, -0.2) is 4.98 Å². The van der Waals surface area contributed by atoms with Crippen LogP contribution < -0.4 is 5.32 Å². The van der Waals surface area contributed by atoms with Crippen LogP contribution in [0.4, 0.5) is 0 Å². The Balaban J connectivity index is 1.64. The van der Waals surface area contributed by atoms with Crippen LogP contribution in [0.3, 0.4) is 0 Å². The number of amides is 1. The fourth-order valence-corrected chi connectivity index (χ4v) is 3.46. The number of aromatic nitrogens is 1. The summed E-state index contributed by atoms with van der Waals surface area (Å²) in [6.45, 7) is 1.89. The number of carbonyl (C=O) groups excluding carboxylic acids is 2. The summed E-state index contributed by atoms with van der Waals surface area (Å²) in [5.41, 5.74) is 2.46. The lowest BCUT2D eigenvalue weighted by Gasteiger charge is -2.15. The van der Waals surface area contributed by atoms with E-state index in [-0.39, 0.29) is 18.1 Å². The van der Waals surface area contributed by atoms with Crippen LogP contribution in [0.2, 0.25) is 0 Å². The third-order valence-electron chi connectivity index (χ3n) is 4.08. The van der Waals surface area contributed by atoms with Gasteiger partial charge in [-0.1, -0.05) is 55.5 Å². The van der Waals surface area contributed by atoms with E-state index in [9.17, 15) is 9.59 Å². The molecular weight excluding hydrogens is 344 g/mol. The van der Waals surface area contributed by atoms with Crippen molar-refractivity contribution < 1.29 is 9.59 Å². The number of benzene rings is 2. The number of Topliss-reactive ketones (excluding diaryl/α,β-unsaturated/α-hetero) is 1. The highest BCUT2D eigenvalue weighted by Crippen LogP contribution is 2.22. The van der Waals surface area contributed by atoms with Crippen molar-refractivity contribution >= 4 is 23.0 Å². The van der Waals surface area contributed by atoms with Crippen molar-refractivity contribution in [3.05, 3.63) is 76.6 Å². The van der Waals surface area contributed by atoms with Gasteiger partial charge in [0.15, 0.2) is 5.78 Å². The predicted molar refractivity (Wildman–Crippen MR) is 104 cm³/mol. The normalized spacial score (nSPS) is 11.7. The molecule has 0 radical (unpaired) electrons. The van der Waals surface area contributed by atoms with Crippen molar-refractivity contribution in [1.82, 2.24) is 10.3 Å². The summed E-state index contributed by atoms with van der Waals surface area (Å²) in [5.74, 6) is -0.249. The van der Waals surface area contributed by atoms with Gasteiger partial charge in [-0.15, -0.1) is 11.3 Å². The van der Waals surface area contributed by atoms with Gasteiger partial charge in [0.05, 0.1) is 18.2 Å². The minimum atomic E-state index is -0.508. The largest absolute Gasteiger partial charge is 0.342 e. The van der Waals surface area contributed by atoms with Crippen LogP contribution in [-0.2, 0) is 11.2 Å². The SMILES string of the molecule is CC[C@H](NC(=O)c1ccccc1)C(=O)Cc1nc(-c2ccccc2)cs1. The molecule has 0 saturated heterocycles. The van der Waals surface area contributed by atoms with Gasteiger partial charge in [0.1, 0.15) is 5.01 Å². The van der Waals surface area contributed by atoms with Crippen LogP contribution in [0.15, 0.2) is 66.0 Å². The molecule has 0 aliphatic carbocycles. The third-order valence-corrected chi connectivity index (χ3v) is 4.93. The van der Waals surface area contributed by atoms with E-state index in [1.165, 1.54) is 11.3 Å². The van der Waals surface area contributed by atoms with Gasteiger partial charge in [0.25, 0.3) is 5.91 Å². The van der Waals surface area contributed by atoms with Crippen LogP contribution in [0.5, 0.6) is 0 Å². The maximum Gasteiger partial charge on any atom is 0.251 e. The highest BCUT2D eigenvalue weighted by Gasteiger charge is 2.21. The van der Waals surface area contributed by atoms with Crippen LogP contribution in [0, 0.1) is 0 Å². The van der Waals surface area contributed by atoms with E-state index < -0.39 is 6.04 Å². The smallest absolute Gasteiger partial charge is 0.251 e. The van der Waals surface area contributed by atoms with Gasteiger partial charge in [-0.2, -0.15) is 0 Å². The number of nitrogens with one attached hydrogen (secondary N) is 1. The van der Waals surface area contributed by atoms with Crippen LogP contribution >= 0.6 is 11.3 Å². The lowest BCUT2D eigenvalue weighted by atomic mass is 10.1. The molecule has 1 heterocycles. The van der Waals surface area contributed by atoms with Crippen molar-refractivity contribution in [3.8, 4) is 11.3 Å². The van der Waals surface area contributed by atoms with Crippen molar-refractivity contribution in [1.29, 1.82) is 0 Å². The van der Waals surface area contributed by atoms with Crippen molar-refractivity contribution in [2.45, 2.75) is 25.8 Å². The van der Waals surface area contributed by atoms with Gasteiger partial charge < -0.3 is 5.32 Å². The monoisotopic (exact) mass is 364 g/mol. The Morgan fingerprint density at radius 3 is 2.35 bits per heavy atom. The Morgan fingerprint density at radius 1 is 1.04 bits per heavy atom. The van der Waals surface area contributed by atoms with Crippen molar-refractivity contribution in [2.75, 3.05) is 0 Å². The molecule has 0 fully saturated rings. The zero-order valence-electron chi connectivity index (χ0n) is 14.5. The Morgan fingerprint density at radius 2 is 1.69 bits per heavy atom. The van der Waals surface area contributed by atoms with E-state index in [4.69, 9.17) is 0 Å². The van der Waals surface area contributed by atoms with Gasteiger partial charge in [0, 0.05) is 16.5 Å². The number of ketones is 1. The average Bonchev–Trinajstić information content (AvgIpc) is 3.15. The summed E-state index contributed by atoms with van der Waals surface area (Å²) in [6, 6.07) is 18.3. The minimum absolute atomic E-state index is 0.0225. The second-order valence-corrected chi connectivity index (χ2v) is 6.88. The third kappa shape index (κ3) is 4.43. The van der Waals surface area contributed by atoms with E-state index in [0.29, 0.717) is 12.0 Å². The summed E-state index contributed by atoms with van der Waals surface area (Å²) in [4.78, 5) is 29.5. The van der Waals surface area contributed by atoms with E-state index >= 15 is 0 Å². The van der Waals surface area contributed by atoms with E-state index in [1.54, 1.807) is 24.3 Å². The molecule has 2 aromatic carbocycles. The standard InChI is InChI=1S/C21H20N2O2S/c1-2-17(23-21(25)16-11-7-4-8-12-16)19(24)13-20-22-18(14-26-20)15-9-5-3-6-10-15/h3-12,14,17H,2,13H2,1H3,(H,23,25)/t17-/m0/s1. The zero-order valence-corrected chi connectivity index (χ0v) is 15.3. The van der Waals surface area contributed by atoms with Crippen LogP contribution in [0.1, 0.15) is 28.7 Å². The van der Waals surface area contributed by atoms with Gasteiger partial charge >= 0.3 is 0 Å². The van der Waals surface area contributed by atoms with Crippen LogP contribution in [-0.4, -0.2) is 22.7 Å². The van der Waals surface area contributed by atoms with Crippen molar-refractivity contribution in [2.24, 2.45) is 0 Å². The average molecular weight is 364 g/mol. The molecule has 132 valence electrons. The number of rotatable bonds is 7. The minimum Gasteiger partial charge on any atom is -0.342 e. The van der Waals surface area contributed by atoms with E-state index in [2.05, 4.69) is 10.3 Å². The second kappa shape index (κ2) is 8.54. The number of hydrogen-bond donors (Lipinski definition) is 1. The highest BCUT2D eigenvalue weighted by atomic mass is 32.1. The molecular formula is C21H20N2O2S. The topological polar surface area (TPSA) is 59.1 Å². The molecule has 0 aliphatic heterocycles. The van der Waals surface area contributed by atoms with Gasteiger partial charge in [-0.3, -0.25) is 9.59 Å². The molecule has 0 aliphatic rings. The molecule has 4 nitrogen and oxygen atoms in total. The lowest BCUT2D eigenvalue weighted by molar-refractivity contribution is -0.120. The Labute approximate surface area is 156 Å². The Bertz CT molecular complexity index is 875. The first-order valence-corrected chi connectivity index (χ1v) is 9.43. The fourth-order valence-electron chi connectivity index (χ4n) is 2.65. The molecule has 0 saturated carbocycles. The number of nitrogens with zero attached hydrogens (tertiary/aromatic N) is 1. The molecule has 26 heavy (non-hydrogen) atoms. The quantitative estimate of drug-likeness (QED) is 0.686. The first-order chi connectivity index (χ1) is 12.7. The maximum absolute atomic E-state index is 12.6. The molecule has 5 heteroatoms. The Kier molecular flexibility index (Phi) is 5.92. The first-order valence-electron chi connectivity index (χ1n) is 8.56. The summed E-state index contributed by atoms with van der Waals surface area (Å²) in [5, 5.41) is 5.55. The van der Waals surface area contributed by atoms with Crippen molar-refractivity contribution in [3.63, 3.8) is 0 Å². The molecule has 3 rings (SSSR count). The summed E-state index contributed by atoms with van der Waals surface area (Å²) in [6.07, 6.45) is 0.777. The molecule has 0 spiro atoms. The summed E-state index contributed by atoms with van der Waals surface area (Å²) >= 11 is 1.47. The molecule has 1 N–H and O–H groups in total.